The normalized spacial score (nSPS) is 15.2. The minimum absolute atomic E-state index is 0.422. The number of nitrogens with two attached hydrogens (primary N) is 1. The molecule has 1 aromatic heterocycles. The highest BCUT2D eigenvalue weighted by Crippen LogP contribution is 2.28. The van der Waals surface area contributed by atoms with Crippen LogP contribution in [-0.2, 0) is 0 Å². The summed E-state index contributed by atoms with van der Waals surface area (Å²) in [6.45, 7) is 6.68. The summed E-state index contributed by atoms with van der Waals surface area (Å²) in [5.74, 6) is 1.46. The topological polar surface area (TPSA) is 43.8 Å². The minimum atomic E-state index is 0.422. The molecule has 0 aromatic carbocycles. The number of nitrogens with zero attached hydrogens (tertiary/aromatic N) is 2. The smallest absolute Gasteiger partial charge is 0.136 e. The molecule has 0 amide bonds. The first kappa shape index (κ1) is 12.6. The fourth-order valence-corrected chi connectivity index (χ4v) is 1.99. The lowest BCUT2D eigenvalue weighted by Crippen LogP contribution is -2.15. The number of hydrogen-bond donors (Lipinski definition) is 1. The zero-order valence-electron chi connectivity index (χ0n) is 9.70. The molecule has 15 heavy (non-hydrogen) atoms. The number of anilines is 1. The molecule has 0 aliphatic heterocycles. The quantitative estimate of drug-likeness (QED) is 0.891. The summed E-state index contributed by atoms with van der Waals surface area (Å²) in [4.78, 5) is 0. The maximum absolute atomic E-state index is 5.95. The Morgan fingerprint density at radius 1 is 1.47 bits per heavy atom. The molecule has 0 aliphatic carbocycles. The van der Waals surface area contributed by atoms with Crippen LogP contribution in [0.15, 0.2) is 10.7 Å². The molecule has 3 nitrogen and oxygen atoms in total. The van der Waals surface area contributed by atoms with Gasteiger partial charge in [0.25, 0.3) is 0 Å². The van der Waals surface area contributed by atoms with Gasteiger partial charge >= 0.3 is 0 Å². The molecule has 2 unspecified atom stereocenters. The van der Waals surface area contributed by atoms with E-state index in [9.17, 15) is 0 Å². The minimum Gasteiger partial charge on any atom is -0.383 e. The number of rotatable bonds is 5. The van der Waals surface area contributed by atoms with E-state index in [1.54, 1.807) is 6.20 Å². The van der Waals surface area contributed by atoms with Crippen molar-refractivity contribution in [1.82, 2.24) is 9.78 Å². The summed E-state index contributed by atoms with van der Waals surface area (Å²) in [5.41, 5.74) is 5.95. The summed E-state index contributed by atoms with van der Waals surface area (Å²) in [6.07, 6.45) is 5.20. The van der Waals surface area contributed by atoms with Crippen molar-refractivity contribution in [3.05, 3.63) is 10.7 Å². The van der Waals surface area contributed by atoms with Crippen molar-refractivity contribution in [2.45, 2.75) is 46.1 Å². The van der Waals surface area contributed by atoms with Crippen LogP contribution in [0.2, 0.25) is 0 Å². The number of hydrogen-bond acceptors (Lipinski definition) is 2. The van der Waals surface area contributed by atoms with E-state index < -0.39 is 0 Å². The predicted octanol–water partition coefficient (Wildman–Crippen LogP) is 3.62. The highest BCUT2D eigenvalue weighted by Gasteiger charge is 2.16. The van der Waals surface area contributed by atoms with Gasteiger partial charge in [0.2, 0.25) is 0 Å². The largest absolute Gasteiger partial charge is 0.383 e. The molecule has 4 heteroatoms. The fourth-order valence-electron chi connectivity index (χ4n) is 1.71. The zero-order chi connectivity index (χ0) is 11.4. The molecule has 1 aromatic rings. The molecule has 0 aliphatic rings. The van der Waals surface area contributed by atoms with Gasteiger partial charge in [0.05, 0.1) is 16.7 Å². The SMILES string of the molecule is CCC(C)CC(CC)n1ncc(Br)c1N. The first-order valence-corrected chi connectivity index (χ1v) is 6.37. The molecule has 0 radical (unpaired) electrons. The van der Waals surface area contributed by atoms with Crippen molar-refractivity contribution >= 4 is 21.7 Å². The Kier molecular flexibility index (Phi) is 4.64. The van der Waals surface area contributed by atoms with Gasteiger partial charge in [-0.15, -0.1) is 0 Å². The van der Waals surface area contributed by atoms with Crippen LogP contribution in [-0.4, -0.2) is 9.78 Å². The molecule has 0 fully saturated rings. The summed E-state index contributed by atoms with van der Waals surface area (Å²) < 4.78 is 2.83. The molecule has 1 rings (SSSR count). The maximum atomic E-state index is 5.95. The highest BCUT2D eigenvalue weighted by molar-refractivity contribution is 9.10. The van der Waals surface area contributed by atoms with Gasteiger partial charge in [-0.2, -0.15) is 5.10 Å². The molecule has 1 heterocycles. The Bertz CT molecular complexity index is 309. The van der Waals surface area contributed by atoms with Gasteiger partial charge < -0.3 is 5.73 Å². The second kappa shape index (κ2) is 5.54. The molecule has 2 N–H and O–H groups in total. The number of nitrogen functional groups attached to an aromatic ring is 1. The molecule has 0 spiro atoms. The van der Waals surface area contributed by atoms with Gasteiger partial charge in [-0.05, 0) is 34.7 Å². The average molecular weight is 274 g/mol. The van der Waals surface area contributed by atoms with Crippen LogP contribution in [0.25, 0.3) is 0 Å². The van der Waals surface area contributed by atoms with E-state index >= 15 is 0 Å². The monoisotopic (exact) mass is 273 g/mol. The zero-order valence-corrected chi connectivity index (χ0v) is 11.3. The fraction of sp³-hybridized carbons (Fsp3) is 0.727. The third kappa shape index (κ3) is 2.97. The van der Waals surface area contributed by atoms with E-state index in [0.29, 0.717) is 6.04 Å². The third-order valence-corrected chi connectivity index (χ3v) is 3.59. The van der Waals surface area contributed by atoms with Gasteiger partial charge in [0.15, 0.2) is 0 Å². The van der Waals surface area contributed by atoms with E-state index in [1.165, 1.54) is 6.42 Å². The Balaban J connectivity index is 2.78. The number of aromatic nitrogens is 2. The van der Waals surface area contributed by atoms with Crippen LogP contribution in [0, 0.1) is 5.92 Å². The Hall–Kier alpha value is -0.510. The lowest BCUT2D eigenvalue weighted by molar-refractivity contribution is 0.347. The molecule has 86 valence electrons. The van der Waals surface area contributed by atoms with Gasteiger partial charge in [-0.25, -0.2) is 4.68 Å². The Morgan fingerprint density at radius 2 is 2.13 bits per heavy atom. The van der Waals surface area contributed by atoms with E-state index in [2.05, 4.69) is 41.8 Å². The van der Waals surface area contributed by atoms with Crippen molar-refractivity contribution < 1.29 is 0 Å². The first-order chi connectivity index (χ1) is 7.10. The van der Waals surface area contributed by atoms with Crippen LogP contribution in [0.1, 0.15) is 46.1 Å². The molecular formula is C11H20BrN3. The third-order valence-electron chi connectivity index (χ3n) is 2.98. The lowest BCUT2D eigenvalue weighted by Gasteiger charge is -2.20. The van der Waals surface area contributed by atoms with E-state index in [-0.39, 0.29) is 0 Å². The van der Waals surface area contributed by atoms with Crippen LogP contribution in [0.5, 0.6) is 0 Å². The standard InChI is InChI=1S/C11H20BrN3/c1-4-8(3)6-9(5-2)15-11(13)10(12)7-14-15/h7-9H,4-6,13H2,1-3H3. The molecule has 0 bridgehead atoms. The van der Waals surface area contributed by atoms with Crippen LogP contribution in [0.3, 0.4) is 0 Å². The second-order valence-electron chi connectivity index (χ2n) is 4.13. The summed E-state index contributed by atoms with van der Waals surface area (Å²) >= 11 is 3.39. The summed E-state index contributed by atoms with van der Waals surface area (Å²) in [7, 11) is 0. The molecular weight excluding hydrogens is 254 g/mol. The van der Waals surface area contributed by atoms with Gasteiger partial charge in [0.1, 0.15) is 5.82 Å². The molecule has 0 saturated carbocycles. The lowest BCUT2D eigenvalue weighted by atomic mass is 9.98. The average Bonchev–Trinajstić information content (AvgIpc) is 2.56. The molecule has 0 saturated heterocycles. The Labute approximate surface area is 100 Å². The van der Waals surface area contributed by atoms with Gasteiger partial charge in [-0.1, -0.05) is 27.2 Å². The van der Waals surface area contributed by atoms with Crippen molar-refractivity contribution in [2.75, 3.05) is 5.73 Å². The molecule has 2 atom stereocenters. The predicted molar refractivity (Wildman–Crippen MR) is 67.7 cm³/mol. The first-order valence-electron chi connectivity index (χ1n) is 5.58. The van der Waals surface area contributed by atoms with E-state index in [0.717, 1.165) is 29.1 Å². The van der Waals surface area contributed by atoms with Crippen molar-refractivity contribution in [2.24, 2.45) is 5.92 Å². The highest BCUT2D eigenvalue weighted by atomic mass is 79.9. The van der Waals surface area contributed by atoms with Crippen LogP contribution < -0.4 is 5.73 Å². The van der Waals surface area contributed by atoms with Crippen molar-refractivity contribution in [3.63, 3.8) is 0 Å². The van der Waals surface area contributed by atoms with Gasteiger partial charge in [0, 0.05) is 0 Å². The summed E-state index contributed by atoms with van der Waals surface area (Å²) in [5, 5.41) is 4.32. The van der Waals surface area contributed by atoms with E-state index in [4.69, 9.17) is 5.73 Å². The summed E-state index contributed by atoms with van der Waals surface area (Å²) in [6, 6.07) is 0.422. The van der Waals surface area contributed by atoms with Crippen molar-refractivity contribution in [3.8, 4) is 0 Å². The second-order valence-corrected chi connectivity index (χ2v) is 4.99. The van der Waals surface area contributed by atoms with Crippen LogP contribution in [0.4, 0.5) is 5.82 Å². The van der Waals surface area contributed by atoms with Crippen LogP contribution >= 0.6 is 15.9 Å². The maximum Gasteiger partial charge on any atom is 0.136 e. The number of halogens is 1. The van der Waals surface area contributed by atoms with Crippen molar-refractivity contribution in [1.29, 1.82) is 0 Å². The Morgan fingerprint density at radius 3 is 2.53 bits per heavy atom. The van der Waals surface area contributed by atoms with Gasteiger partial charge in [-0.3, -0.25) is 0 Å². The van der Waals surface area contributed by atoms with E-state index in [1.807, 2.05) is 4.68 Å².